The lowest BCUT2D eigenvalue weighted by molar-refractivity contribution is -0.137. The highest BCUT2D eigenvalue weighted by Crippen LogP contribution is 2.06. The predicted octanol–water partition coefficient (Wildman–Crippen LogP) is 2.12. The van der Waals surface area contributed by atoms with Crippen LogP contribution in [0.25, 0.3) is 0 Å². The molecule has 88 valence electrons. The summed E-state index contributed by atoms with van der Waals surface area (Å²) in [6.07, 6.45) is 0.134. The van der Waals surface area contributed by atoms with Gasteiger partial charge in [0.2, 0.25) is 0 Å². The van der Waals surface area contributed by atoms with E-state index in [2.05, 4.69) is 0 Å². The Labute approximate surface area is 94.5 Å². The van der Waals surface area contributed by atoms with E-state index >= 15 is 0 Å². The lowest BCUT2D eigenvalue weighted by Gasteiger charge is -2.19. The fourth-order valence-electron chi connectivity index (χ4n) is 1.45. The van der Waals surface area contributed by atoms with Crippen LogP contribution in [0.3, 0.4) is 0 Å². The Balaban J connectivity index is 2.49. The van der Waals surface area contributed by atoms with E-state index in [4.69, 9.17) is 5.11 Å². The van der Waals surface area contributed by atoms with Crippen LogP contribution >= 0.6 is 0 Å². The molecule has 1 aromatic rings. The Morgan fingerprint density at radius 3 is 2.50 bits per heavy atom. The van der Waals surface area contributed by atoms with Gasteiger partial charge in [0, 0.05) is 13.1 Å². The van der Waals surface area contributed by atoms with E-state index in [1.165, 1.54) is 12.1 Å². The zero-order chi connectivity index (χ0) is 12.0. The Kier molecular flexibility index (Phi) is 4.92. The second-order valence-corrected chi connectivity index (χ2v) is 3.64. The van der Waals surface area contributed by atoms with Gasteiger partial charge in [0.15, 0.2) is 0 Å². The molecule has 0 saturated carbocycles. The van der Waals surface area contributed by atoms with Gasteiger partial charge in [-0.25, -0.2) is 4.39 Å². The van der Waals surface area contributed by atoms with Gasteiger partial charge in [-0.2, -0.15) is 0 Å². The normalized spacial score (nSPS) is 10.7. The molecule has 0 bridgehead atoms. The third-order valence-electron chi connectivity index (χ3n) is 2.41. The van der Waals surface area contributed by atoms with E-state index < -0.39 is 5.97 Å². The maximum Gasteiger partial charge on any atom is 0.304 e. The maximum atomic E-state index is 12.7. The number of carboxylic acid groups (broad SMARTS) is 1. The number of hydrogen-bond donors (Lipinski definition) is 1. The van der Waals surface area contributed by atoms with Crippen LogP contribution in [0.4, 0.5) is 4.39 Å². The summed E-state index contributed by atoms with van der Waals surface area (Å²) in [6, 6.07) is 6.28. The molecule has 0 spiro atoms. The molecule has 1 N–H and O–H groups in total. The van der Waals surface area contributed by atoms with Gasteiger partial charge >= 0.3 is 5.97 Å². The molecule has 0 heterocycles. The summed E-state index contributed by atoms with van der Waals surface area (Å²) in [6.45, 7) is 3.93. The average Bonchev–Trinajstić information content (AvgIpc) is 2.26. The summed E-state index contributed by atoms with van der Waals surface area (Å²) < 4.78 is 12.7. The van der Waals surface area contributed by atoms with Crippen molar-refractivity contribution in [1.29, 1.82) is 0 Å². The van der Waals surface area contributed by atoms with Gasteiger partial charge in [0.25, 0.3) is 0 Å². The first-order valence-corrected chi connectivity index (χ1v) is 5.30. The molecule has 1 aromatic carbocycles. The Hall–Kier alpha value is -1.42. The SMILES string of the molecule is CCN(CCC(=O)O)Cc1ccc(F)cc1. The fraction of sp³-hybridized carbons (Fsp3) is 0.417. The van der Waals surface area contributed by atoms with Crippen LogP contribution in [0.2, 0.25) is 0 Å². The number of nitrogens with zero attached hydrogens (tertiary/aromatic N) is 1. The van der Waals surface area contributed by atoms with Crippen LogP contribution in [-0.2, 0) is 11.3 Å². The van der Waals surface area contributed by atoms with Crippen molar-refractivity contribution in [2.45, 2.75) is 19.9 Å². The maximum absolute atomic E-state index is 12.7. The lowest BCUT2D eigenvalue weighted by atomic mass is 10.2. The summed E-state index contributed by atoms with van der Waals surface area (Å²) in [7, 11) is 0. The number of rotatable bonds is 6. The molecule has 0 aliphatic carbocycles. The lowest BCUT2D eigenvalue weighted by Crippen LogP contribution is -2.25. The zero-order valence-corrected chi connectivity index (χ0v) is 9.32. The van der Waals surface area contributed by atoms with Crippen molar-refractivity contribution in [3.8, 4) is 0 Å². The Bertz CT molecular complexity index is 337. The van der Waals surface area contributed by atoms with E-state index in [9.17, 15) is 9.18 Å². The monoisotopic (exact) mass is 225 g/mol. The molecule has 0 amide bonds. The van der Waals surface area contributed by atoms with E-state index in [1.54, 1.807) is 12.1 Å². The minimum absolute atomic E-state index is 0.134. The number of aliphatic carboxylic acids is 1. The molecule has 0 radical (unpaired) electrons. The highest BCUT2D eigenvalue weighted by molar-refractivity contribution is 5.66. The minimum Gasteiger partial charge on any atom is -0.481 e. The van der Waals surface area contributed by atoms with Gasteiger partial charge in [-0.05, 0) is 24.2 Å². The van der Waals surface area contributed by atoms with Crippen molar-refractivity contribution in [3.05, 3.63) is 35.6 Å². The van der Waals surface area contributed by atoms with Crippen LogP contribution in [0.1, 0.15) is 18.9 Å². The smallest absolute Gasteiger partial charge is 0.304 e. The number of carboxylic acids is 1. The molecule has 0 aromatic heterocycles. The van der Waals surface area contributed by atoms with Crippen molar-refractivity contribution in [3.63, 3.8) is 0 Å². The number of halogens is 1. The summed E-state index contributed by atoms with van der Waals surface area (Å²) in [5.41, 5.74) is 0.994. The van der Waals surface area contributed by atoms with Gasteiger partial charge in [-0.3, -0.25) is 9.69 Å². The average molecular weight is 225 g/mol. The van der Waals surface area contributed by atoms with Crippen molar-refractivity contribution >= 4 is 5.97 Å². The van der Waals surface area contributed by atoms with Gasteiger partial charge in [-0.15, -0.1) is 0 Å². The molecule has 0 saturated heterocycles. The number of hydrogen-bond acceptors (Lipinski definition) is 2. The van der Waals surface area contributed by atoms with Gasteiger partial charge in [-0.1, -0.05) is 19.1 Å². The molecule has 0 aliphatic rings. The van der Waals surface area contributed by atoms with Gasteiger partial charge < -0.3 is 5.11 Å². The molecular weight excluding hydrogens is 209 g/mol. The summed E-state index contributed by atoms with van der Waals surface area (Å²) in [5, 5.41) is 8.58. The standard InChI is InChI=1S/C12H16FNO2/c1-2-14(8-7-12(15)16)9-10-3-5-11(13)6-4-10/h3-6H,2,7-9H2,1H3,(H,15,16). The van der Waals surface area contributed by atoms with Crippen LogP contribution in [-0.4, -0.2) is 29.1 Å². The summed E-state index contributed by atoms with van der Waals surface area (Å²) >= 11 is 0. The third kappa shape index (κ3) is 4.40. The predicted molar refractivity (Wildman–Crippen MR) is 59.6 cm³/mol. The van der Waals surface area contributed by atoms with Crippen molar-refractivity contribution in [1.82, 2.24) is 4.90 Å². The molecule has 3 nitrogen and oxygen atoms in total. The van der Waals surface area contributed by atoms with Crippen LogP contribution in [0, 0.1) is 5.82 Å². The first kappa shape index (κ1) is 12.6. The van der Waals surface area contributed by atoms with Crippen molar-refractivity contribution in [2.75, 3.05) is 13.1 Å². The first-order valence-electron chi connectivity index (χ1n) is 5.30. The number of benzene rings is 1. The largest absolute Gasteiger partial charge is 0.481 e. The molecule has 0 unspecified atom stereocenters. The third-order valence-corrected chi connectivity index (χ3v) is 2.41. The Morgan fingerprint density at radius 2 is 2.00 bits per heavy atom. The van der Waals surface area contributed by atoms with E-state index in [1.807, 2.05) is 11.8 Å². The second kappa shape index (κ2) is 6.23. The van der Waals surface area contributed by atoms with Crippen molar-refractivity contribution < 1.29 is 14.3 Å². The van der Waals surface area contributed by atoms with E-state index in [-0.39, 0.29) is 12.2 Å². The van der Waals surface area contributed by atoms with Crippen molar-refractivity contribution in [2.24, 2.45) is 0 Å². The van der Waals surface area contributed by atoms with E-state index in [0.29, 0.717) is 13.1 Å². The van der Waals surface area contributed by atoms with E-state index in [0.717, 1.165) is 12.1 Å². The second-order valence-electron chi connectivity index (χ2n) is 3.64. The van der Waals surface area contributed by atoms with Gasteiger partial charge in [0.05, 0.1) is 6.42 Å². The molecule has 0 fully saturated rings. The minimum atomic E-state index is -0.794. The molecule has 1 rings (SSSR count). The van der Waals surface area contributed by atoms with Crippen LogP contribution < -0.4 is 0 Å². The molecule has 0 atom stereocenters. The molecule has 4 heteroatoms. The molecule has 16 heavy (non-hydrogen) atoms. The Morgan fingerprint density at radius 1 is 1.38 bits per heavy atom. The fourth-order valence-corrected chi connectivity index (χ4v) is 1.45. The zero-order valence-electron chi connectivity index (χ0n) is 9.32. The highest BCUT2D eigenvalue weighted by Gasteiger charge is 2.06. The quantitative estimate of drug-likeness (QED) is 0.806. The highest BCUT2D eigenvalue weighted by atomic mass is 19.1. The number of carbonyl (C=O) groups is 1. The summed E-state index contributed by atoms with van der Waals surface area (Å²) in [5.74, 6) is -1.05. The first-order chi connectivity index (χ1) is 7.61. The van der Waals surface area contributed by atoms with Crippen LogP contribution in [0.15, 0.2) is 24.3 Å². The van der Waals surface area contributed by atoms with Crippen LogP contribution in [0.5, 0.6) is 0 Å². The molecule has 0 aliphatic heterocycles. The van der Waals surface area contributed by atoms with Gasteiger partial charge in [0.1, 0.15) is 5.82 Å². The molecular formula is C12H16FNO2. The topological polar surface area (TPSA) is 40.5 Å². The summed E-state index contributed by atoms with van der Waals surface area (Å²) in [4.78, 5) is 12.5.